The molecule has 0 unspecified atom stereocenters. The SMILES string of the molecule is CC(=O)OC1(c2ccc(B3OC(C)(C)C(C)(C)O3)c(C)c2)CCC1. The molecule has 1 aliphatic heterocycles. The number of carbonyl (C=O) groups excluding carboxylic acids is 1. The summed E-state index contributed by atoms with van der Waals surface area (Å²) < 4.78 is 18.0. The van der Waals surface area contributed by atoms with Crippen molar-refractivity contribution in [1.82, 2.24) is 0 Å². The topological polar surface area (TPSA) is 44.8 Å². The molecule has 0 N–H and O–H groups in total. The van der Waals surface area contributed by atoms with Crippen molar-refractivity contribution in [3.8, 4) is 0 Å². The molecule has 0 amide bonds. The first-order chi connectivity index (χ1) is 11.1. The van der Waals surface area contributed by atoms with Gasteiger partial charge in [-0.3, -0.25) is 4.79 Å². The van der Waals surface area contributed by atoms with Crippen LogP contribution in [0.15, 0.2) is 18.2 Å². The number of esters is 1. The van der Waals surface area contributed by atoms with Gasteiger partial charge < -0.3 is 14.0 Å². The molecule has 0 atom stereocenters. The van der Waals surface area contributed by atoms with E-state index >= 15 is 0 Å². The van der Waals surface area contributed by atoms with E-state index in [1.165, 1.54) is 6.92 Å². The third-order valence-electron chi connectivity index (χ3n) is 5.80. The van der Waals surface area contributed by atoms with Gasteiger partial charge in [0.1, 0.15) is 5.60 Å². The van der Waals surface area contributed by atoms with Gasteiger partial charge in [-0.15, -0.1) is 0 Å². The fraction of sp³-hybridized carbons (Fsp3) is 0.632. The summed E-state index contributed by atoms with van der Waals surface area (Å²) in [6, 6.07) is 6.22. The number of ether oxygens (including phenoxy) is 1. The molecule has 2 fully saturated rings. The quantitative estimate of drug-likeness (QED) is 0.630. The van der Waals surface area contributed by atoms with Crippen molar-refractivity contribution >= 4 is 18.6 Å². The maximum Gasteiger partial charge on any atom is 0.495 e. The zero-order valence-electron chi connectivity index (χ0n) is 15.6. The molecule has 4 nitrogen and oxygen atoms in total. The maximum absolute atomic E-state index is 11.5. The van der Waals surface area contributed by atoms with E-state index < -0.39 is 5.60 Å². The Labute approximate surface area is 145 Å². The molecule has 130 valence electrons. The van der Waals surface area contributed by atoms with Crippen molar-refractivity contribution in [1.29, 1.82) is 0 Å². The van der Waals surface area contributed by atoms with Crippen LogP contribution in [0.5, 0.6) is 0 Å². The summed E-state index contributed by atoms with van der Waals surface area (Å²) in [6.45, 7) is 11.8. The highest BCUT2D eigenvalue weighted by molar-refractivity contribution is 6.62. The van der Waals surface area contributed by atoms with Gasteiger partial charge in [-0.2, -0.15) is 0 Å². The number of rotatable bonds is 3. The number of benzene rings is 1. The lowest BCUT2D eigenvalue weighted by Gasteiger charge is -2.41. The van der Waals surface area contributed by atoms with Gasteiger partial charge in [-0.05, 0) is 64.9 Å². The summed E-state index contributed by atoms with van der Waals surface area (Å²) in [7, 11) is -0.366. The van der Waals surface area contributed by atoms with E-state index in [9.17, 15) is 4.79 Å². The maximum atomic E-state index is 11.5. The highest BCUT2D eigenvalue weighted by Gasteiger charge is 2.52. The van der Waals surface area contributed by atoms with E-state index in [0.29, 0.717) is 0 Å². The molecule has 24 heavy (non-hydrogen) atoms. The molecule has 1 aromatic rings. The molecule has 1 saturated carbocycles. The summed E-state index contributed by atoms with van der Waals surface area (Å²) >= 11 is 0. The molecular weight excluding hydrogens is 303 g/mol. The lowest BCUT2D eigenvalue weighted by atomic mass is 9.71. The molecule has 1 aromatic carbocycles. The van der Waals surface area contributed by atoms with Gasteiger partial charge in [-0.1, -0.05) is 23.8 Å². The first-order valence-electron chi connectivity index (χ1n) is 8.73. The second kappa shape index (κ2) is 5.60. The normalized spacial score (nSPS) is 23.7. The summed E-state index contributed by atoms with van der Waals surface area (Å²) in [4.78, 5) is 11.5. The smallest absolute Gasteiger partial charge is 0.454 e. The Morgan fingerprint density at radius 3 is 2.12 bits per heavy atom. The van der Waals surface area contributed by atoms with Crippen LogP contribution >= 0.6 is 0 Å². The molecule has 5 heteroatoms. The highest BCUT2D eigenvalue weighted by Crippen LogP contribution is 2.45. The van der Waals surface area contributed by atoms with Gasteiger partial charge in [0.2, 0.25) is 0 Å². The van der Waals surface area contributed by atoms with Crippen LogP contribution in [-0.2, 0) is 24.4 Å². The molecule has 1 aliphatic carbocycles. The van der Waals surface area contributed by atoms with E-state index in [1.54, 1.807) is 0 Å². The molecule has 0 bridgehead atoms. The predicted octanol–water partition coefficient (Wildman–Crippen LogP) is 3.24. The fourth-order valence-corrected chi connectivity index (χ4v) is 3.42. The summed E-state index contributed by atoms with van der Waals surface area (Å²) in [5.74, 6) is -0.220. The predicted molar refractivity (Wildman–Crippen MR) is 94.2 cm³/mol. The lowest BCUT2D eigenvalue weighted by Crippen LogP contribution is -2.41. The molecule has 3 rings (SSSR count). The largest absolute Gasteiger partial charge is 0.495 e. The fourth-order valence-electron chi connectivity index (χ4n) is 3.42. The Bertz CT molecular complexity index is 645. The van der Waals surface area contributed by atoms with Gasteiger partial charge in [0.25, 0.3) is 0 Å². The van der Waals surface area contributed by atoms with Gasteiger partial charge >= 0.3 is 13.1 Å². The zero-order chi connectivity index (χ0) is 17.8. The Morgan fingerprint density at radius 1 is 1.12 bits per heavy atom. The standard InChI is InChI=1S/C19H27BO4/c1-13-12-15(19(10-7-11-19)22-14(2)21)8-9-16(13)20-23-17(3,4)18(5,6)24-20/h8-9,12H,7,10-11H2,1-6H3. The highest BCUT2D eigenvalue weighted by atomic mass is 16.7. The summed E-state index contributed by atoms with van der Waals surface area (Å²) in [5, 5.41) is 0. The van der Waals surface area contributed by atoms with E-state index in [-0.39, 0.29) is 24.3 Å². The van der Waals surface area contributed by atoms with Crippen LogP contribution in [0.3, 0.4) is 0 Å². The van der Waals surface area contributed by atoms with E-state index in [2.05, 4.69) is 52.8 Å². The van der Waals surface area contributed by atoms with Crippen LogP contribution in [0.4, 0.5) is 0 Å². The molecular formula is C19H27BO4. The van der Waals surface area contributed by atoms with Crippen LogP contribution < -0.4 is 5.46 Å². The second-order valence-corrected chi connectivity index (χ2v) is 8.10. The summed E-state index contributed by atoms with van der Waals surface area (Å²) in [5.41, 5.74) is 2.07. The number of aryl methyl sites for hydroxylation is 1. The Kier molecular flexibility index (Phi) is 4.08. The van der Waals surface area contributed by atoms with Crippen molar-refractivity contribution in [3.63, 3.8) is 0 Å². The molecule has 1 heterocycles. The van der Waals surface area contributed by atoms with Crippen molar-refractivity contribution in [2.75, 3.05) is 0 Å². The van der Waals surface area contributed by atoms with Crippen molar-refractivity contribution < 1.29 is 18.8 Å². The van der Waals surface area contributed by atoms with E-state index in [0.717, 1.165) is 35.9 Å². The second-order valence-electron chi connectivity index (χ2n) is 8.10. The average molecular weight is 330 g/mol. The van der Waals surface area contributed by atoms with Crippen molar-refractivity contribution in [3.05, 3.63) is 29.3 Å². The van der Waals surface area contributed by atoms with E-state index in [4.69, 9.17) is 14.0 Å². The van der Waals surface area contributed by atoms with Crippen molar-refractivity contribution in [2.45, 2.75) is 77.6 Å². The Hall–Kier alpha value is -1.33. The third kappa shape index (κ3) is 2.78. The number of carbonyl (C=O) groups is 1. The molecule has 2 aliphatic rings. The van der Waals surface area contributed by atoms with Gasteiger partial charge in [-0.25, -0.2) is 0 Å². The monoisotopic (exact) mass is 330 g/mol. The van der Waals surface area contributed by atoms with Crippen LogP contribution in [0.2, 0.25) is 0 Å². The Morgan fingerprint density at radius 2 is 1.71 bits per heavy atom. The molecule has 0 radical (unpaired) electrons. The third-order valence-corrected chi connectivity index (χ3v) is 5.80. The molecule has 0 spiro atoms. The minimum absolute atomic E-state index is 0.220. The number of hydrogen-bond acceptors (Lipinski definition) is 4. The van der Waals surface area contributed by atoms with Gasteiger partial charge in [0.15, 0.2) is 0 Å². The van der Waals surface area contributed by atoms with Crippen LogP contribution in [0.1, 0.15) is 65.0 Å². The van der Waals surface area contributed by atoms with Crippen LogP contribution in [-0.4, -0.2) is 24.3 Å². The minimum atomic E-state index is -0.439. The van der Waals surface area contributed by atoms with Crippen molar-refractivity contribution in [2.24, 2.45) is 0 Å². The first kappa shape index (κ1) is 17.5. The summed E-state index contributed by atoms with van der Waals surface area (Å²) in [6.07, 6.45) is 2.87. The Balaban J connectivity index is 1.88. The van der Waals surface area contributed by atoms with Crippen LogP contribution in [0.25, 0.3) is 0 Å². The van der Waals surface area contributed by atoms with Crippen LogP contribution in [0, 0.1) is 6.92 Å². The lowest BCUT2D eigenvalue weighted by molar-refractivity contribution is -0.168. The number of hydrogen-bond donors (Lipinski definition) is 0. The molecule has 0 aromatic heterocycles. The van der Waals surface area contributed by atoms with E-state index in [1.807, 2.05) is 0 Å². The first-order valence-corrected chi connectivity index (χ1v) is 8.73. The molecule has 1 saturated heterocycles. The zero-order valence-corrected chi connectivity index (χ0v) is 15.6. The van der Waals surface area contributed by atoms with Gasteiger partial charge in [0, 0.05) is 6.92 Å². The average Bonchev–Trinajstić information content (AvgIpc) is 2.62. The minimum Gasteiger partial charge on any atom is -0.454 e. The van der Waals surface area contributed by atoms with Gasteiger partial charge in [0.05, 0.1) is 11.2 Å².